The normalized spacial score (nSPS) is 10.3. The molecule has 2 aromatic heterocycles. The van der Waals surface area contributed by atoms with E-state index in [4.69, 9.17) is 9.53 Å². The first-order valence-electron chi connectivity index (χ1n) is 8.24. The van der Waals surface area contributed by atoms with Gasteiger partial charge in [0.25, 0.3) is 0 Å². The van der Waals surface area contributed by atoms with E-state index in [9.17, 15) is 13.6 Å². The second kappa shape index (κ2) is 8.98. The number of hydrogen-bond acceptors (Lipinski definition) is 5. The molecule has 0 spiro atoms. The monoisotopic (exact) mass is 375 g/mol. The minimum absolute atomic E-state index is 0.0805. The van der Waals surface area contributed by atoms with Crippen molar-refractivity contribution in [2.75, 3.05) is 6.61 Å². The number of ketones is 1. The van der Waals surface area contributed by atoms with Crippen LogP contribution in [0.3, 0.4) is 0 Å². The third-order valence-corrected chi connectivity index (χ3v) is 3.82. The van der Waals surface area contributed by atoms with Gasteiger partial charge in [-0.3, -0.25) is 9.78 Å². The Morgan fingerprint density at radius 2 is 1.85 bits per heavy atom. The number of fused-ring (bicyclic) bond motifs is 1. The van der Waals surface area contributed by atoms with Gasteiger partial charge in [0.15, 0.2) is 5.82 Å². The Labute approximate surface area is 154 Å². The van der Waals surface area contributed by atoms with Gasteiger partial charge in [-0.05, 0) is 32.9 Å². The van der Waals surface area contributed by atoms with Crippen molar-refractivity contribution in [2.45, 2.75) is 27.2 Å². The number of aromatic amines is 1. The van der Waals surface area contributed by atoms with Crippen molar-refractivity contribution in [3.63, 3.8) is 0 Å². The molecule has 0 amide bonds. The summed E-state index contributed by atoms with van der Waals surface area (Å²) in [6, 6.07) is 7.60. The lowest BCUT2D eigenvalue weighted by molar-refractivity contribution is 0.0983. The third-order valence-electron chi connectivity index (χ3n) is 3.82. The summed E-state index contributed by atoms with van der Waals surface area (Å²) in [6.45, 7) is 6.42. The van der Waals surface area contributed by atoms with Crippen LogP contribution in [0, 0.1) is 13.8 Å². The van der Waals surface area contributed by atoms with Crippen molar-refractivity contribution in [2.24, 2.45) is 0 Å². The number of Topliss-reactive ketones (excluding diaryl/α,β-unsaturated/α-hetero) is 1. The summed E-state index contributed by atoms with van der Waals surface area (Å²) in [5.41, 5.74) is 4.27. The largest absolute Gasteiger partial charge is 0.493 e. The topological polar surface area (TPSA) is 84.9 Å². The summed E-state index contributed by atoms with van der Waals surface area (Å²) in [6.07, 6.45) is -0.884. The van der Waals surface area contributed by atoms with Crippen LogP contribution in [0.2, 0.25) is 0 Å². The highest BCUT2D eigenvalue weighted by atomic mass is 19.3. The molecule has 0 atom stereocenters. The number of benzene rings is 1. The van der Waals surface area contributed by atoms with Gasteiger partial charge in [0.2, 0.25) is 5.78 Å². The van der Waals surface area contributed by atoms with E-state index in [0.717, 1.165) is 33.6 Å². The van der Waals surface area contributed by atoms with E-state index in [0.29, 0.717) is 12.4 Å². The lowest BCUT2D eigenvalue weighted by Crippen LogP contribution is -2.10. The van der Waals surface area contributed by atoms with Crippen LogP contribution in [0.5, 0.6) is 5.75 Å². The van der Waals surface area contributed by atoms with Gasteiger partial charge < -0.3 is 9.72 Å². The molecule has 6 nitrogen and oxygen atoms in total. The molecule has 3 aromatic rings. The molecular weight excluding hydrogens is 356 g/mol. The summed E-state index contributed by atoms with van der Waals surface area (Å²) < 4.78 is 25.1. The number of hydrogen-bond donors (Lipinski definition) is 1. The molecule has 0 aliphatic carbocycles. The number of carbonyl (C=O) groups is 2. The van der Waals surface area contributed by atoms with Gasteiger partial charge in [0, 0.05) is 17.3 Å². The number of rotatable bonds is 5. The molecular formula is C19H19F2N3O3. The Morgan fingerprint density at radius 1 is 1.19 bits per heavy atom. The highest BCUT2D eigenvalue weighted by molar-refractivity contribution is 5.97. The summed E-state index contributed by atoms with van der Waals surface area (Å²) in [7, 11) is 0. The van der Waals surface area contributed by atoms with E-state index in [1.54, 1.807) is 6.20 Å². The van der Waals surface area contributed by atoms with Crippen LogP contribution in [0.25, 0.3) is 11.0 Å². The SMILES string of the molecule is CCOc1c(C)cnc(CC(=O)c2nc3ccccc3[nH]2)c1C.O=C(F)F. The fourth-order valence-electron chi connectivity index (χ4n) is 2.62. The van der Waals surface area contributed by atoms with Gasteiger partial charge in [-0.15, -0.1) is 8.78 Å². The average molecular weight is 375 g/mol. The molecule has 8 heteroatoms. The number of H-pyrrole nitrogens is 1. The van der Waals surface area contributed by atoms with Crippen molar-refractivity contribution in [1.29, 1.82) is 0 Å². The zero-order valence-corrected chi connectivity index (χ0v) is 15.2. The Bertz CT molecular complexity index is 933. The van der Waals surface area contributed by atoms with Crippen molar-refractivity contribution in [3.8, 4) is 5.75 Å². The first-order chi connectivity index (χ1) is 12.8. The summed E-state index contributed by atoms with van der Waals surface area (Å²) in [5, 5.41) is 0. The maximum absolute atomic E-state index is 12.5. The van der Waals surface area contributed by atoms with E-state index < -0.39 is 6.29 Å². The van der Waals surface area contributed by atoms with Crippen LogP contribution in [0.4, 0.5) is 13.6 Å². The smallest absolute Gasteiger partial charge is 0.483 e. The van der Waals surface area contributed by atoms with E-state index in [2.05, 4.69) is 15.0 Å². The molecule has 0 saturated heterocycles. The molecule has 0 unspecified atom stereocenters. The van der Waals surface area contributed by atoms with Crippen molar-refractivity contribution in [3.05, 3.63) is 53.1 Å². The standard InChI is InChI=1S/C18H19N3O2.CF2O/c1-4-23-17-11(2)10-19-15(12(17)3)9-16(22)18-20-13-7-5-6-8-14(13)21-18;2-1(3)4/h5-8,10H,4,9H2,1-3H3,(H,20,21);. The maximum Gasteiger partial charge on any atom is 0.483 e. The first-order valence-corrected chi connectivity index (χ1v) is 8.24. The first kappa shape index (κ1) is 20.2. The number of aryl methyl sites for hydroxylation is 1. The number of para-hydroxylation sites is 2. The molecule has 0 aliphatic heterocycles. The molecule has 27 heavy (non-hydrogen) atoms. The predicted octanol–water partition coefficient (Wildman–Crippen LogP) is 4.44. The van der Waals surface area contributed by atoms with Gasteiger partial charge in [-0.2, -0.15) is 0 Å². The Hall–Kier alpha value is -3.16. The highest BCUT2D eigenvalue weighted by Gasteiger charge is 2.17. The zero-order valence-electron chi connectivity index (χ0n) is 15.2. The lowest BCUT2D eigenvalue weighted by atomic mass is 10.1. The van der Waals surface area contributed by atoms with Crippen LogP contribution in [-0.4, -0.2) is 33.6 Å². The van der Waals surface area contributed by atoms with Crippen molar-refractivity contribution < 1.29 is 23.1 Å². The second-order valence-electron chi connectivity index (χ2n) is 5.70. The van der Waals surface area contributed by atoms with Crippen LogP contribution >= 0.6 is 0 Å². The summed E-state index contributed by atoms with van der Waals surface area (Å²) in [5.74, 6) is 1.10. The van der Waals surface area contributed by atoms with Gasteiger partial charge >= 0.3 is 6.29 Å². The van der Waals surface area contributed by atoms with Gasteiger partial charge in [0.05, 0.1) is 29.8 Å². The number of halogens is 2. The molecule has 0 aliphatic rings. The number of carbonyl (C=O) groups excluding carboxylic acids is 2. The summed E-state index contributed by atoms with van der Waals surface area (Å²) >= 11 is 0. The lowest BCUT2D eigenvalue weighted by Gasteiger charge is -2.13. The van der Waals surface area contributed by atoms with E-state index in [1.165, 1.54) is 0 Å². The molecule has 0 radical (unpaired) electrons. The second-order valence-corrected chi connectivity index (χ2v) is 5.70. The molecule has 0 bridgehead atoms. The number of nitrogens with one attached hydrogen (secondary N) is 1. The molecule has 0 fully saturated rings. The molecule has 0 saturated carbocycles. The van der Waals surface area contributed by atoms with Gasteiger partial charge in [0.1, 0.15) is 5.75 Å². The van der Waals surface area contributed by atoms with E-state index >= 15 is 0 Å². The minimum atomic E-state index is -2.83. The molecule has 2 heterocycles. The predicted molar refractivity (Wildman–Crippen MR) is 96.6 cm³/mol. The van der Waals surface area contributed by atoms with Crippen LogP contribution in [-0.2, 0) is 6.42 Å². The molecule has 142 valence electrons. The van der Waals surface area contributed by atoms with E-state index in [-0.39, 0.29) is 12.2 Å². The average Bonchev–Trinajstić information content (AvgIpc) is 3.05. The quantitative estimate of drug-likeness (QED) is 0.526. The fourth-order valence-corrected chi connectivity index (χ4v) is 2.62. The van der Waals surface area contributed by atoms with Crippen LogP contribution in [0.1, 0.15) is 34.4 Å². The highest BCUT2D eigenvalue weighted by Crippen LogP contribution is 2.25. The minimum Gasteiger partial charge on any atom is -0.493 e. The number of imidazole rings is 1. The Kier molecular flexibility index (Phi) is 6.70. The number of nitrogens with zero attached hydrogens (tertiary/aromatic N) is 2. The molecule has 3 rings (SSSR count). The number of ether oxygens (including phenoxy) is 1. The van der Waals surface area contributed by atoms with Gasteiger partial charge in [-0.25, -0.2) is 9.78 Å². The maximum atomic E-state index is 12.5. The Balaban J connectivity index is 0.000000596. The van der Waals surface area contributed by atoms with E-state index in [1.807, 2.05) is 45.0 Å². The Morgan fingerprint density at radius 3 is 2.48 bits per heavy atom. The number of pyridine rings is 1. The van der Waals surface area contributed by atoms with Crippen molar-refractivity contribution >= 4 is 23.1 Å². The van der Waals surface area contributed by atoms with Crippen LogP contribution < -0.4 is 4.74 Å². The summed E-state index contributed by atoms with van der Waals surface area (Å²) in [4.78, 5) is 32.4. The molecule has 1 aromatic carbocycles. The van der Waals surface area contributed by atoms with Crippen LogP contribution in [0.15, 0.2) is 30.5 Å². The number of aromatic nitrogens is 3. The molecule has 1 N–H and O–H groups in total. The third kappa shape index (κ3) is 5.16. The zero-order chi connectivity index (χ0) is 20.0. The van der Waals surface area contributed by atoms with Crippen molar-refractivity contribution in [1.82, 2.24) is 15.0 Å². The fraction of sp³-hybridized carbons (Fsp3) is 0.263. The van der Waals surface area contributed by atoms with Gasteiger partial charge in [-0.1, -0.05) is 12.1 Å².